The number of nitrogens with one attached hydrogen (secondary N) is 3. The van der Waals surface area contributed by atoms with E-state index in [4.69, 9.17) is 9.47 Å². The van der Waals surface area contributed by atoms with Crippen molar-refractivity contribution < 1.29 is 19.1 Å². The molecule has 2 aromatic carbocycles. The van der Waals surface area contributed by atoms with Crippen LogP contribution in [0.1, 0.15) is 17.0 Å². The summed E-state index contributed by atoms with van der Waals surface area (Å²) in [4.78, 5) is 24.0. The van der Waals surface area contributed by atoms with E-state index >= 15 is 0 Å². The van der Waals surface area contributed by atoms with E-state index in [1.165, 1.54) is 29.4 Å². The third-order valence-electron chi connectivity index (χ3n) is 5.63. The third kappa shape index (κ3) is 3.71. The molecule has 0 atom stereocenters. The van der Waals surface area contributed by atoms with Crippen LogP contribution in [0.4, 0.5) is 4.79 Å². The smallest absolute Gasteiger partial charge is 0.407 e. The van der Waals surface area contributed by atoms with Crippen molar-refractivity contribution in [3.63, 3.8) is 0 Å². The van der Waals surface area contributed by atoms with Crippen LogP contribution in [0, 0.1) is 0 Å². The van der Waals surface area contributed by atoms with Crippen LogP contribution in [-0.4, -0.2) is 57.5 Å². The average Bonchev–Trinajstić information content (AvgIpc) is 3.04. The van der Waals surface area contributed by atoms with Gasteiger partial charge in [-0.1, -0.05) is 48.5 Å². The number of benzene rings is 2. The summed E-state index contributed by atoms with van der Waals surface area (Å²) in [5, 5.41) is 8.95. The summed E-state index contributed by atoms with van der Waals surface area (Å²) >= 11 is 0. The monoisotopic (exact) mass is 395 g/mol. The van der Waals surface area contributed by atoms with Gasteiger partial charge >= 0.3 is 12.1 Å². The zero-order valence-electron chi connectivity index (χ0n) is 16.4. The number of methoxy groups -OCH3 is 1. The Balaban J connectivity index is 1.28. The van der Waals surface area contributed by atoms with Crippen LogP contribution in [0.3, 0.4) is 0 Å². The molecule has 3 N–H and O–H groups in total. The van der Waals surface area contributed by atoms with Gasteiger partial charge in [0.25, 0.3) is 0 Å². The second-order valence-corrected chi connectivity index (χ2v) is 7.36. The molecule has 1 saturated heterocycles. The Bertz CT molecular complexity index is 865. The average molecular weight is 395 g/mol. The number of esters is 1. The molecule has 0 spiro atoms. The molecule has 0 radical (unpaired) electrons. The van der Waals surface area contributed by atoms with Crippen LogP contribution in [0.5, 0.6) is 0 Å². The third-order valence-corrected chi connectivity index (χ3v) is 5.63. The van der Waals surface area contributed by atoms with Gasteiger partial charge in [-0.2, -0.15) is 0 Å². The van der Waals surface area contributed by atoms with Crippen molar-refractivity contribution in [1.29, 1.82) is 0 Å². The second kappa shape index (κ2) is 8.23. The molecule has 7 nitrogen and oxygen atoms in total. The van der Waals surface area contributed by atoms with Crippen molar-refractivity contribution in [2.75, 3.05) is 39.9 Å². The molecule has 2 aromatic rings. The second-order valence-electron chi connectivity index (χ2n) is 7.36. The molecule has 0 unspecified atom stereocenters. The molecule has 1 aliphatic carbocycles. The van der Waals surface area contributed by atoms with Crippen molar-refractivity contribution in [3.05, 3.63) is 59.7 Å². The van der Waals surface area contributed by atoms with Gasteiger partial charge in [0.05, 0.1) is 7.11 Å². The first-order valence-electron chi connectivity index (χ1n) is 9.78. The summed E-state index contributed by atoms with van der Waals surface area (Å²) in [5.74, 6) is -0.257. The van der Waals surface area contributed by atoms with Gasteiger partial charge in [0.1, 0.15) is 12.1 Å². The van der Waals surface area contributed by atoms with Gasteiger partial charge in [0.2, 0.25) is 0 Å². The Morgan fingerprint density at radius 2 is 1.66 bits per heavy atom. The lowest BCUT2D eigenvalue weighted by Gasteiger charge is -2.40. The summed E-state index contributed by atoms with van der Waals surface area (Å²) in [6.45, 7) is 2.12. The standard InChI is InChI=1S/C22H25N3O4/c1-28-20(26)22(13-23-14-22)25-11-10-24-21(27)29-12-19-17-8-4-2-6-15(17)16-7-3-5-9-18(16)19/h2-9,19,23,25H,10-14H2,1H3,(H,24,27). The number of amides is 1. The van der Waals surface area contributed by atoms with E-state index in [1.54, 1.807) is 0 Å². The van der Waals surface area contributed by atoms with E-state index in [0.717, 1.165) is 0 Å². The quantitative estimate of drug-likeness (QED) is 0.488. The zero-order valence-corrected chi connectivity index (χ0v) is 16.4. The molecule has 1 aliphatic heterocycles. The Morgan fingerprint density at radius 3 is 2.21 bits per heavy atom. The zero-order chi connectivity index (χ0) is 20.3. The number of hydrogen-bond donors (Lipinski definition) is 3. The van der Waals surface area contributed by atoms with Crippen LogP contribution in [-0.2, 0) is 14.3 Å². The highest BCUT2D eigenvalue weighted by Crippen LogP contribution is 2.44. The van der Waals surface area contributed by atoms with Crippen molar-refractivity contribution in [1.82, 2.24) is 16.0 Å². The van der Waals surface area contributed by atoms with E-state index in [9.17, 15) is 9.59 Å². The van der Waals surface area contributed by atoms with Gasteiger partial charge in [-0.3, -0.25) is 5.32 Å². The van der Waals surface area contributed by atoms with E-state index in [1.807, 2.05) is 24.3 Å². The summed E-state index contributed by atoms with van der Waals surface area (Å²) in [7, 11) is 1.37. The number of carbonyl (C=O) groups excluding carboxylic acids is 2. The first kappa shape index (κ1) is 19.4. The van der Waals surface area contributed by atoms with Crippen molar-refractivity contribution in [2.24, 2.45) is 0 Å². The molecular formula is C22H25N3O4. The SMILES string of the molecule is COC(=O)C1(NCCNC(=O)OCC2c3ccccc3-c3ccccc32)CNC1. The predicted octanol–water partition coefficient (Wildman–Crippen LogP) is 1.63. The molecule has 0 saturated carbocycles. The van der Waals surface area contributed by atoms with Gasteiger partial charge in [-0.05, 0) is 22.3 Å². The number of ether oxygens (including phenoxy) is 2. The van der Waals surface area contributed by atoms with Gasteiger partial charge < -0.3 is 20.1 Å². The molecule has 1 heterocycles. The van der Waals surface area contributed by atoms with Gasteiger partial charge in [0, 0.05) is 32.1 Å². The highest BCUT2D eigenvalue weighted by molar-refractivity contribution is 5.83. The van der Waals surface area contributed by atoms with Crippen molar-refractivity contribution in [3.8, 4) is 11.1 Å². The maximum absolute atomic E-state index is 12.2. The summed E-state index contributed by atoms with van der Waals surface area (Å²) in [5.41, 5.74) is 4.06. The Hall–Kier alpha value is -2.90. The fraction of sp³-hybridized carbons (Fsp3) is 0.364. The first-order chi connectivity index (χ1) is 14.1. The maximum Gasteiger partial charge on any atom is 0.407 e. The van der Waals surface area contributed by atoms with Gasteiger partial charge in [-0.15, -0.1) is 0 Å². The maximum atomic E-state index is 12.2. The highest BCUT2D eigenvalue weighted by atomic mass is 16.5. The fourth-order valence-electron chi connectivity index (χ4n) is 4.03. The van der Waals surface area contributed by atoms with Crippen LogP contribution in [0.15, 0.2) is 48.5 Å². The summed E-state index contributed by atoms with van der Waals surface area (Å²) in [6.07, 6.45) is -0.465. The van der Waals surface area contributed by atoms with E-state index < -0.39 is 11.6 Å². The molecule has 0 bridgehead atoms. The fourth-order valence-corrected chi connectivity index (χ4v) is 4.03. The normalized spacial score (nSPS) is 16.3. The van der Waals surface area contributed by atoms with Crippen LogP contribution in [0.2, 0.25) is 0 Å². The van der Waals surface area contributed by atoms with E-state index in [-0.39, 0.29) is 18.5 Å². The lowest BCUT2D eigenvalue weighted by atomic mass is 9.92. The largest absolute Gasteiger partial charge is 0.468 e. The molecule has 152 valence electrons. The molecule has 4 rings (SSSR count). The van der Waals surface area contributed by atoms with Crippen LogP contribution < -0.4 is 16.0 Å². The topological polar surface area (TPSA) is 88.7 Å². The minimum Gasteiger partial charge on any atom is -0.468 e. The minimum absolute atomic E-state index is 0.0370. The molecule has 2 aliphatic rings. The Labute approximate surface area is 169 Å². The first-order valence-corrected chi connectivity index (χ1v) is 9.78. The molecule has 0 aromatic heterocycles. The van der Waals surface area contributed by atoms with Gasteiger partial charge in [-0.25, -0.2) is 9.59 Å². The molecule has 7 heteroatoms. The van der Waals surface area contributed by atoms with E-state index in [2.05, 4.69) is 40.2 Å². The Kier molecular flexibility index (Phi) is 5.51. The van der Waals surface area contributed by atoms with Crippen molar-refractivity contribution >= 4 is 12.1 Å². The van der Waals surface area contributed by atoms with Crippen LogP contribution >= 0.6 is 0 Å². The predicted molar refractivity (Wildman–Crippen MR) is 109 cm³/mol. The highest BCUT2D eigenvalue weighted by Gasteiger charge is 2.44. The van der Waals surface area contributed by atoms with E-state index in [0.29, 0.717) is 26.2 Å². The number of carbonyl (C=O) groups is 2. The Morgan fingerprint density at radius 1 is 1.03 bits per heavy atom. The number of fused-ring (bicyclic) bond motifs is 3. The number of rotatable bonds is 7. The molecular weight excluding hydrogens is 370 g/mol. The minimum atomic E-state index is -0.697. The summed E-state index contributed by atoms with van der Waals surface area (Å²) < 4.78 is 10.3. The summed E-state index contributed by atoms with van der Waals surface area (Å²) in [6, 6.07) is 16.5. The number of hydrogen-bond acceptors (Lipinski definition) is 6. The van der Waals surface area contributed by atoms with Crippen LogP contribution in [0.25, 0.3) is 11.1 Å². The molecule has 1 amide bonds. The lowest BCUT2D eigenvalue weighted by Crippen LogP contribution is -2.72. The molecule has 1 fully saturated rings. The number of alkyl carbamates (subject to hydrolysis) is 1. The van der Waals surface area contributed by atoms with Gasteiger partial charge in [0.15, 0.2) is 0 Å². The molecule has 29 heavy (non-hydrogen) atoms. The lowest BCUT2D eigenvalue weighted by molar-refractivity contribution is -0.150. The van der Waals surface area contributed by atoms with Crippen molar-refractivity contribution in [2.45, 2.75) is 11.5 Å².